The van der Waals surface area contributed by atoms with E-state index >= 15 is 0 Å². The van der Waals surface area contributed by atoms with Crippen LogP contribution in [0.3, 0.4) is 0 Å². The minimum atomic E-state index is 0.511. The molecule has 1 aromatic rings. The molecule has 1 aromatic heterocycles. The van der Waals surface area contributed by atoms with Crippen molar-refractivity contribution < 1.29 is 0 Å². The molecule has 0 aliphatic carbocycles. The average Bonchev–Trinajstić information content (AvgIpc) is 3.10. The van der Waals surface area contributed by atoms with Crippen LogP contribution >= 0.6 is 0 Å². The second-order valence-corrected chi connectivity index (χ2v) is 6.09. The van der Waals surface area contributed by atoms with Crippen LogP contribution in [0.1, 0.15) is 56.8 Å². The molecule has 2 unspecified atom stereocenters. The molecule has 0 spiro atoms. The standard InChI is InChI=1S/C15H26N4/c1-13(11-18-8-4-5-9-18)19-12-16-10-15(19)14-6-2-3-7-17-14/h10,12-14,17H,2-9,11H2,1H3. The summed E-state index contributed by atoms with van der Waals surface area (Å²) in [6.07, 6.45) is 10.7. The molecule has 0 saturated carbocycles. The van der Waals surface area contributed by atoms with E-state index in [9.17, 15) is 0 Å². The van der Waals surface area contributed by atoms with Gasteiger partial charge < -0.3 is 14.8 Å². The van der Waals surface area contributed by atoms with Crippen LogP contribution < -0.4 is 5.32 Å². The van der Waals surface area contributed by atoms with Crippen LogP contribution in [0.2, 0.25) is 0 Å². The molecule has 0 bridgehead atoms. The summed E-state index contributed by atoms with van der Waals surface area (Å²) < 4.78 is 2.39. The van der Waals surface area contributed by atoms with Crippen LogP contribution in [0.15, 0.2) is 12.5 Å². The van der Waals surface area contributed by atoms with Gasteiger partial charge in [0.25, 0.3) is 0 Å². The quantitative estimate of drug-likeness (QED) is 0.904. The van der Waals surface area contributed by atoms with Gasteiger partial charge in [-0.15, -0.1) is 0 Å². The first-order valence-electron chi connectivity index (χ1n) is 7.82. The Hall–Kier alpha value is -0.870. The van der Waals surface area contributed by atoms with E-state index < -0.39 is 0 Å². The smallest absolute Gasteiger partial charge is 0.0951 e. The van der Waals surface area contributed by atoms with Gasteiger partial charge in [-0.1, -0.05) is 6.42 Å². The van der Waals surface area contributed by atoms with Gasteiger partial charge in [0.2, 0.25) is 0 Å². The van der Waals surface area contributed by atoms with Crippen molar-refractivity contribution in [1.82, 2.24) is 19.8 Å². The van der Waals surface area contributed by atoms with E-state index in [1.807, 2.05) is 6.33 Å². The maximum absolute atomic E-state index is 4.40. The highest BCUT2D eigenvalue weighted by molar-refractivity contribution is 5.08. The summed E-state index contributed by atoms with van der Waals surface area (Å²) >= 11 is 0. The third kappa shape index (κ3) is 3.00. The number of nitrogens with one attached hydrogen (secondary N) is 1. The van der Waals surface area contributed by atoms with E-state index in [-0.39, 0.29) is 0 Å². The Kier molecular flexibility index (Phi) is 4.18. The van der Waals surface area contributed by atoms with E-state index in [0.29, 0.717) is 12.1 Å². The van der Waals surface area contributed by atoms with Crippen LogP contribution in [0, 0.1) is 0 Å². The molecule has 0 radical (unpaired) electrons. The van der Waals surface area contributed by atoms with Crippen LogP contribution in [0.25, 0.3) is 0 Å². The highest BCUT2D eigenvalue weighted by Gasteiger charge is 2.22. The largest absolute Gasteiger partial charge is 0.329 e. The number of hydrogen-bond donors (Lipinski definition) is 1. The predicted octanol–water partition coefficient (Wildman–Crippen LogP) is 2.35. The van der Waals surface area contributed by atoms with Gasteiger partial charge in [-0.05, 0) is 52.2 Å². The van der Waals surface area contributed by atoms with Gasteiger partial charge in [0.1, 0.15) is 0 Å². The summed E-state index contributed by atoms with van der Waals surface area (Å²) in [6, 6.07) is 1.04. The lowest BCUT2D eigenvalue weighted by atomic mass is 10.0. The van der Waals surface area contributed by atoms with Gasteiger partial charge in [-0.2, -0.15) is 0 Å². The van der Waals surface area contributed by atoms with Gasteiger partial charge in [-0.3, -0.25) is 0 Å². The molecule has 2 aliphatic heterocycles. The SMILES string of the molecule is CC(CN1CCCC1)n1cncc1C1CCCCN1. The van der Waals surface area contributed by atoms with Gasteiger partial charge in [0.15, 0.2) is 0 Å². The number of imidazole rings is 1. The molecule has 1 N–H and O–H groups in total. The van der Waals surface area contributed by atoms with E-state index in [0.717, 1.165) is 13.1 Å². The fourth-order valence-electron chi connectivity index (χ4n) is 3.48. The third-order valence-corrected chi connectivity index (χ3v) is 4.56. The Balaban J connectivity index is 1.67. The second-order valence-electron chi connectivity index (χ2n) is 6.09. The van der Waals surface area contributed by atoms with Crippen molar-refractivity contribution in [2.24, 2.45) is 0 Å². The number of aromatic nitrogens is 2. The Labute approximate surface area is 116 Å². The first kappa shape index (κ1) is 13.1. The monoisotopic (exact) mass is 262 g/mol. The zero-order chi connectivity index (χ0) is 13.1. The van der Waals surface area contributed by atoms with Crippen LogP contribution in [0.4, 0.5) is 0 Å². The Morgan fingerprint density at radius 1 is 1.32 bits per heavy atom. The number of likely N-dealkylation sites (tertiary alicyclic amines) is 1. The minimum absolute atomic E-state index is 0.511. The number of piperidine rings is 1. The molecule has 4 nitrogen and oxygen atoms in total. The van der Waals surface area contributed by atoms with E-state index in [1.54, 1.807) is 0 Å². The molecule has 0 amide bonds. The lowest BCUT2D eigenvalue weighted by Crippen LogP contribution is -2.31. The van der Waals surface area contributed by atoms with Crippen LogP contribution in [-0.4, -0.2) is 40.6 Å². The fraction of sp³-hybridized carbons (Fsp3) is 0.800. The van der Waals surface area contributed by atoms with Crippen LogP contribution in [-0.2, 0) is 0 Å². The maximum atomic E-state index is 4.40. The molecule has 3 heterocycles. The summed E-state index contributed by atoms with van der Waals surface area (Å²) in [6.45, 7) is 7.19. The fourth-order valence-corrected chi connectivity index (χ4v) is 3.48. The topological polar surface area (TPSA) is 33.1 Å². The van der Waals surface area contributed by atoms with Crippen molar-refractivity contribution in [3.63, 3.8) is 0 Å². The molecule has 3 rings (SSSR count). The van der Waals surface area contributed by atoms with E-state index in [2.05, 4.69) is 32.9 Å². The lowest BCUT2D eigenvalue weighted by Gasteiger charge is -2.28. The molecule has 2 aliphatic rings. The summed E-state index contributed by atoms with van der Waals surface area (Å²) in [5.41, 5.74) is 1.38. The normalized spacial score (nSPS) is 26.7. The van der Waals surface area contributed by atoms with Gasteiger partial charge >= 0.3 is 0 Å². The van der Waals surface area contributed by atoms with Crippen molar-refractivity contribution >= 4 is 0 Å². The van der Waals surface area contributed by atoms with Gasteiger partial charge in [0.05, 0.1) is 12.0 Å². The molecular formula is C15H26N4. The zero-order valence-electron chi connectivity index (χ0n) is 12.0. The Morgan fingerprint density at radius 3 is 2.89 bits per heavy atom. The van der Waals surface area contributed by atoms with E-state index in [1.165, 1.54) is 50.9 Å². The average molecular weight is 262 g/mol. The Bertz CT molecular complexity index is 389. The first-order valence-corrected chi connectivity index (χ1v) is 7.82. The molecule has 2 saturated heterocycles. The predicted molar refractivity (Wildman–Crippen MR) is 77.2 cm³/mol. The molecule has 4 heteroatoms. The molecule has 19 heavy (non-hydrogen) atoms. The minimum Gasteiger partial charge on any atom is -0.329 e. The highest BCUT2D eigenvalue weighted by atomic mass is 15.2. The molecule has 106 valence electrons. The van der Waals surface area contributed by atoms with Crippen molar-refractivity contribution in [2.75, 3.05) is 26.2 Å². The summed E-state index contributed by atoms with van der Waals surface area (Å²) in [7, 11) is 0. The highest BCUT2D eigenvalue weighted by Crippen LogP contribution is 2.25. The summed E-state index contributed by atoms with van der Waals surface area (Å²) in [5.74, 6) is 0. The zero-order valence-corrected chi connectivity index (χ0v) is 12.0. The van der Waals surface area contributed by atoms with Crippen molar-refractivity contribution in [3.05, 3.63) is 18.2 Å². The molecule has 0 aromatic carbocycles. The van der Waals surface area contributed by atoms with E-state index in [4.69, 9.17) is 0 Å². The molecular weight excluding hydrogens is 236 g/mol. The van der Waals surface area contributed by atoms with Crippen molar-refractivity contribution in [1.29, 1.82) is 0 Å². The van der Waals surface area contributed by atoms with Crippen molar-refractivity contribution in [3.8, 4) is 0 Å². The molecule has 2 fully saturated rings. The first-order chi connectivity index (χ1) is 9.34. The molecule has 2 atom stereocenters. The second kappa shape index (κ2) is 6.06. The summed E-state index contributed by atoms with van der Waals surface area (Å²) in [4.78, 5) is 6.98. The number of nitrogens with zero attached hydrogens (tertiary/aromatic N) is 3. The number of rotatable bonds is 4. The summed E-state index contributed by atoms with van der Waals surface area (Å²) in [5, 5.41) is 3.64. The third-order valence-electron chi connectivity index (χ3n) is 4.56. The van der Waals surface area contributed by atoms with Gasteiger partial charge in [0, 0.05) is 24.8 Å². The Morgan fingerprint density at radius 2 is 2.16 bits per heavy atom. The maximum Gasteiger partial charge on any atom is 0.0951 e. The van der Waals surface area contributed by atoms with Crippen LogP contribution in [0.5, 0.6) is 0 Å². The van der Waals surface area contributed by atoms with Crippen molar-refractivity contribution in [2.45, 2.75) is 51.1 Å². The number of hydrogen-bond acceptors (Lipinski definition) is 3. The lowest BCUT2D eigenvalue weighted by molar-refractivity contribution is 0.279. The van der Waals surface area contributed by atoms with Gasteiger partial charge in [-0.25, -0.2) is 4.98 Å².